The van der Waals surface area contributed by atoms with Gasteiger partial charge in [0.2, 0.25) is 0 Å². The summed E-state index contributed by atoms with van der Waals surface area (Å²) in [7, 11) is 0. The highest BCUT2D eigenvalue weighted by atomic mass is 32.2. The topological polar surface area (TPSA) is 37.3 Å². The van der Waals surface area contributed by atoms with E-state index in [9.17, 15) is 4.79 Å². The summed E-state index contributed by atoms with van der Waals surface area (Å²) >= 11 is 1.55. The van der Waals surface area contributed by atoms with E-state index in [1.807, 2.05) is 0 Å². The summed E-state index contributed by atoms with van der Waals surface area (Å²) in [4.78, 5) is 11.0. The SMILES string of the molecule is C=CC(SC(CC)CCCCCCCCC)C(=O)O. The van der Waals surface area contributed by atoms with Crippen molar-refractivity contribution in [1.82, 2.24) is 0 Å². The molecule has 0 spiro atoms. The number of thioether (sulfide) groups is 1. The first-order valence-electron chi connectivity index (χ1n) is 7.66. The van der Waals surface area contributed by atoms with E-state index in [4.69, 9.17) is 5.11 Å². The molecule has 2 unspecified atom stereocenters. The number of carbonyl (C=O) groups is 1. The molecule has 0 saturated carbocycles. The molecule has 0 heterocycles. The lowest BCUT2D eigenvalue weighted by atomic mass is 10.1. The standard InChI is InChI=1S/C16H30O2S/c1-4-7-8-9-10-11-12-13-14(5-2)19-15(6-3)16(17)18/h6,14-15H,3-5,7-13H2,1-2H3,(H,17,18). The average molecular weight is 286 g/mol. The Morgan fingerprint density at radius 2 is 1.74 bits per heavy atom. The lowest BCUT2D eigenvalue weighted by Gasteiger charge is -2.17. The average Bonchev–Trinajstić information content (AvgIpc) is 2.40. The molecule has 1 N–H and O–H groups in total. The first kappa shape index (κ1) is 18.6. The molecule has 0 aliphatic rings. The molecule has 0 saturated heterocycles. The summed E-state index contributed by atoms with van der Waals surface area (Å²) in [6.07, 6.45) is 12.9. The molecule has 0 aromatic carbocycles. The Labute approximate surface area is 123 Å². The molecule has 2 atom stereocenters. The monoisotopic (exact) mass is 286 g/mol. The molecule has 0 aliphatic carbocycles. The van der Waals surface area contributed by atoms with E-state index in [0.717, 1.165) is 12.8 Å². The quantitative estimate of drug-likeness (QED) is 0.370. The van der Waals surface area contributed by atoms with Crippen molar-refractivity contribution in [2.24, 2.45) is 0 Å². The lowest BCUT2D eigenvalue weighted by molar-refractivity contribution is -0.135. The molecule has 3 heteroatoms. The maximum atomic E-state index is 11.0. The summed E-state index contributed by atoms with van der Waals surface area (Å²) in [5, 5.41) is 9.02. The summed E-state index contributed by atoms with van der Waals surface area (Å²) in [6, 6.07) is 0. The Morgan fingerprint density at radius 3 is 2.21 bits per heavy atom. The maximum Gasteiger partial charge on any atom is 0.320 e. The van der Waals surface area contributed by atoms with Gasteiger partial charge in [-0.3, -0.25) is 4.79 Å². The zero-order chi connectivity index (χ0) is 14.5. The van der Waals surface area contributed by atoms with Crippen LogP contribution in [0.5, 0.6) is 0 Å². The number of carboxylic acids is 1. The highest BCUT2D eigenvalue weighted by Gasteiger charge is 2.18. The Bertz CT molecular complexity index is 241. The largest absolute Gasteiger partial charge is 0.480 e. The molecule has 0 aromatic rings. The molecule has 0 aromatic heterocycles. The van der Waals surface area contributed by atoms with E-state index in [-0.39, 0.29) is 0 Å². The van der Waals surface area contributed by atoms with Crippen LogP contribution < -0.4 is 0 Å². The highest BCUT2D eigenvalue weighted by Crippen LogP contribution is 2.26. The van der Waals surface area contributed by atoms with Crippen LogP contribution in [0, 0.1) is 0 Å². The predicted molar refractivity (Wildman–Crippen MR) is 85.9 cm³/mol. The molecule has 0 amide bonds. The van der Waals surface area contributed by atoms with Crippen molar-refractivity contribution < 1.29 is 9.90 Å². The minimum atomic E-state index is -0.766. The van der Waals surface area contributed by atoms with Crippen LogP contribution in [0.4, 0.5) is 0 Å². The van der Waals surface area contributed by atoms with Crippen LogP contribution in [0.3, 0.4) is 0 Å². The van der Waals surface area contributed by atoms with E-state index < -0.39 is 11.2 Å². The number of hydrogen-bond donors (Lipinski definition) is 1. The van der Waals surface area contributed by atoms with Crippen molar-refractivity contribution in [2.45, 2.75) is 82.1 Å². The van der Waals surface area contributed by atoms with Gasteiger partial charge in [-0.05, 0) is 12.8 Å². The van der Waals surface area contributed by atoms with E-state index in [2.05, 4.69) is 20.4 Å². The zero-order valence-electron chi connectivity index (χ0n) is 12.6. The predicted octanol–water partition coefficient (Wildman–Crippen LogP) is 5.28. The van der Waals surface area contributed by atoms with Crippen LogP contribution in [0.15, 0.2) is 12.7 Å². The Morgan fingerprint density at radius 1 is 1.16 bits per heavy atom. The van der Waals surface area contributed by atoms with E-state index in [1.165, 1.54) is 44.9 Å². The van der Waals surface area contributed by atoms with Gasteiger partial charge in [-0.1, -0.05) is 64.9 Å². The van der Waals surface area contributed by atoms with Gasteiger partial charge in [0, 0.05) is 5.25 Å². The summed E-state index contributed by atoms with van der Waals surface area (Å²) in [5.74, 6) is -0.766. The van der Waals surface area contributed by atoms with E-state index in [1.54, 1.807) is 17.8 Å². The highest BCUT2D eigenvalue weighted by molar-refractivity contribution is 8.01. The van der Waals surface area contributed by atoms with Crippen molar-refractivity contribution >= 4 is 17.7 Å². The zero-order valence-corrected chi connectivity index (χ0v) is 13.4. The molecule has 0 bridgehead atoms. The smallest absolute Gasteiger partial charge is 0.320 e. The summed E-state index contributed by atoms with van der Waals surface area (Å²) in [5.41, 5.74) is 0. The summed E-state index contributed by atoms with van der Waals surface area (Å²) in [6.45, 7) is 7.98. The number of aliphatic carboxylic acids is 1. The third kappa shape index (κ3) is 10.1. The number of unbranched alkanes of at least 4 members (excludes halogenated alkanes) is 6. The summed E-state index contributed by atoms with van der Waals surface area (Å²) < 4.78 is 0. The van der Waals surface area contributed by atoms with Gasteiger partial charge < -0.3 is 5.11 Å². The number of hydrogen-bond acceptors (Lipinski definition) is 2. The van der Waals surface area contributed by atoms with E-state index in [0.29, 0.717) is 5.25 Å². The second-order valence-electron chi connectivity index (χ2n) is 5.07. The van der Waals surface area contributed by atoms with Gasteiger partial charge in [0.25, 0.3) is 0 Å². The maximum absolute atomic E-state index is 11.0. The Balaban J connectivity index is 3.69. The van der Waals surface area contributed by atoms with Gasteiger partial charge >= 0.3 is 5.97 Å². The minimum absolute atomic E-state index is 0.450. The minimum Gasteiger partial charge on any atom is -0.480 e. The Kier molecular flexibility index (Phi) is 12.3. The van der Waals surface area contributed by atoms with Gasteiger partial charge in [0.15, 0.2) is 0 Å². The van der Waals surface area contributed by atoms with Crippen molar-refractivity contribution in [3.8, 4) is 0 Å². The number of carboxylic acid groups (broad SMARTS) is 1. The second kappa shape index (κ2) is 12.6. The van der Waals surface area contributed by atoms with Gasteiger partial charge in [-0.15, -0.1) is 18.3 Å². The van der Waals surface area contributed by atoms with Crippen LogP contribution in [0.25, 0.3) is 0 Å². The molecule has 0 rings (SSSR count). The van der Waals surface area contributed by atoms with Crippen molar-refractivity contribution in [1.29, 1.82) is 0 Å². The Hall–Kier alpha value is -0.440. The molecular formula is C16H30O2S. The van der Waals surface area contributed by atoms with Gasteiger partial charge in [-0.2, -0.15) is 0 Å². The van der Waals surface area contributed by atoms with Gasteiger partial charge in [0.1, 0.15) is 5.25 Å². The lowest BCUT2D eigenvalue weighted by Crippen LogP contribution is -2.17. The molecule has 19 heavy (non-hydrogen) atoms. The van der Waals surface area contributed by atoms with Crippen LogP contribution in [0.2, 0.25) is 0 Å². The molecule has 0 aliphatic heterocycles. The van der Waals surface area contributed by atoms with Crippen LogP contribution >= 0.6 is 11.8 Å². The van der Waals surface area contributed by atoms with Crippen LogP contribution in [-0.4, -0.2) is 21.6 Å². The first-order valence-corrected chi connectivity index (χ1v) is 8.60. The van der Waals surface area contributed by atoms with Gasteiger partial charge in [-0.25, -0.2) is 0 Å². The normalized spacial score (nSPS) is 14.0. The fourth-order valence-electron chi connectivity index (χ4n) is 2.12. The van der Waals surface area contributed by atoms with Crippen LogP contribution in [0.1, 0.15) is 71.6 Å². The fourth-order valence-corrected chi connectivity index (χ4v) is 3.26. The van der Waals surface area contributed by atoms with E-state index >= 15 is 0 Å². The molecular weight excluding hydrogens is 256 g/mol. The van der Waals surface area contributed by atoms with Gasteiger partial charge in [0.05, 0.1) is 0 Å². The molecule has 0 fully saturated rings. The number of rotatable bonds is 13. The molecule has 112 valence electrons. The van der Waals surface area contributed by atoms with Crippen LogP contribution in [-0.2, 0) is 4.79 Å². The third-order valence-electron chi connectivity index (χ3n) is 3.38. The third-order valence-corrected chi connectivity index (χ3v) is 5.02. The fraction of sp³-hybridized carbons (Fsp3) is 0.812. The van der Waals surface area contributed by atoms with Crippen molar-refractivity contribution in [3.63, 3.8) is 0 Å². The second-order valence-corrected chi connectivity index (χ2v) is 6.52. The molecule has 0 radical (unpaired) electrons. The van der Waals surface area contributed by atoms with Crippen molar-refractivity contribution in [2.75, 3.05) is 0 Å². The first-order chi connectivity index (χ1) is 9.15. The van der Waals surface area contributed by atoms with Crippen molar-refractivity contribution in [3.05, 3.63) is 12.7 Å². The molecule has 2 nitrogen and oxygen atoms in total.